The summed E-state index contributed by atoms with van der Waals surface area (Å²) in [6, 6.07) is 19.9. The Bertz CT molecular complexity index is 687. The van der Waals surface area contributed by atoms with Gasteiger partial charge in [0, 0.05) is 11.8 Å². The smallest absolute Gasteiger partial charge is 0.317 e. The monoisotopic (exact) mass is 396 g/mol. The van der Waals surface area contributed by atoms with Crippen LogP contribution in [0.1, 0.15) is 57.1 Å². The van der Waals surface area contributed by atoms with E-state index in [4.69, 9.17) is 9.47 Å². The molecular weight excluding hydrogens is 364 g/mol. The van der Waals surface area contributed by atoms with Crippen molar-refractivity contribution in [2.24, 2.45) is 11.8 Å². The van der Waals surface area contributed by atoms with Crippen molar-refractivity contribution in [3.05, 3.63) is 71.8 Å². The second-order valence-electron chi connectivity index (χ2n) is 8.07. The number of carbonyl (C=O) groups is 2. The molecule has 0 radical (unpaired) electrons. The molecule has 2 atom stereocenters. The molecule has 2 unspecified atom stereocenters. The average molecular weight is 397 g/mol. The SMILES string of the molecule is CC(C)C(COC(=O)CC(=O)OCC(c1ccccc1)C(C)C)c1ccccc1. The third-order valence-corrected chi connectivity index (χ3v) is 5.20. The molecule has 0 aliphatic heterocycles. The van der Waals surface area contributed by atoms with Crippen LogP contribution in [0.2, 0.25) is 0 Å². The molecule has 2 aromatic rings. The van der Waals surface area contributed by atoms with Gasteiger partial charge >= 0.3 is 11.9 Å². The molecule has 0 fully saturated rings. The lowest BCUT2D eigenvalue weighted by atomic mass is 9.89. The van der Waals surface area contributed by atoms with Crippen molar-refractivity contribution in [1.29, 1.82) is 0 Å². The number of hydrogen-bond donors (Lipinski definition) is 0. The van der Waals surface area contributed by atoms with Crippen molar-refractivity contribution in [1.82, 2.24) is 0 Å². The summed E-state index contributed by atoms with van der Waals surface area (Å²) in [5.41, 5.74) is 2.25. The minimum atomic E-state index is -0.544. The number of carbonyl (C=O) groups excluding carboxylic acids is 2. The minimum Gasteiger partial charge on any atom is -0.465 e. The highest BCUT2D eigenvalue weighted by Gasteiger charge is 2.21. The van der Waals surface area contributed by atoms with E-state index in [9.17, 15) is 9.59 Å². The standard InChI is InChI=1S/C25H32O4/c1-18(2)22(20-11-7-5-8-12-20)16-28-24(26)15-25(27)29-17-23(19(3)4)21-13-9-6-10-14-21/h5-14,18-19,22-23H,15-17H2,1-4H3. The van der Waals surface area contributed by atoms with Crippen molar-refractivity contribution < 1.29 is 19.1 Å². The highest BCUT2D eigenvalue weighted by molar-refractivity contribution is 5.91. The maximum Gasteiger partial charge on any atom is 0.317 e. The second-order valence-corrected chi connectivity index (χ2v) is 8.07. The van der Waals surface area contributed by atoms with E-state index in [2.05, 4.69) is 27.7 Å². The Kier molecular flexibility index (Phi) is 8.91. The molecule has 0 aliphatic rings. The highest BCUT2D eigenvalue weighted by Crippen LogP contribution is 2.26. The Labute approximate surface area is 174 Å². The molecule has 2 aromatic carbocycles. The lowest BCUT2D eigenvalue weighted by Crippen LogP contribution is -2.22. The third kappa shape index (κ3) is 7.37. The van der Waals surface area contributed by atoms with E-state index in [1.165, 1.54) is 0 Å². The van der Waals surface area contributed by atoms with Crippen molar-refractivity contribution in [3.63, 3.8) is 0 Å². The van der Waals surface area contributed by atoms with Crippen LogP contribution in [0.5, 0.6) is 0 Å². The van der Waals surface area contributed by atoms with Crippen LogP contribution in [0.4, 0.5) is 0 Å². The normalized spacial score (nSPS) is 13.2. The van der Waals surface area contributed by atoms with Gasteiger partial charge in [-0.25, -0.2) is 0 Å². The molecular formula is C25H32O4. The third-order valence-electron chi connectivity index (χ3n) is 5.20. The van der Waals surface area contributed by atoms with Crippen LogP contribution in [0.15, 0.2) is 60.7 Å². The summed E-state index contributed by atoms with van der Waals surface area (Å²) in [4.78, 5) is 24.3. The number of ether oxygens (including phenoxy) is 2. The number of hydrogen-bond acceptors (Lipinski definition) is 4. The molecule has 0 saturated carbocycles. The van der Waals surface area contributed by atoms with Gasteiger partial charge < -0.3 is 9.47 Å². The zero-order valence-corrected chi connectivity index (χ0v) is 17.8. The Morgan fingerprint density at radius 2 is 1.00 bits per heavy atom. The van der Waals surface area contributed by atoms with Crippen LogP contribution in [0.3, 0.4) is 0 Å². The summed E-state index contributed by atoms with van der Waals surface area (Å²) in [6.07, 6.45) is -0.362. The molecule has 0 aliphatic carbocycles. The largest absolute Gasteiger partial charge is 0.465 e. The first-order valence-corrected chi connectivity index (χ1v) is 10.3. The fourth-order valence-electron chi connectivity index (χ4n) is 3.33. The van der Waals surface area contributed by atoms with Crippen LogP contribution < -0.4 is 0 Å². The van der Waals surface area contributed by atoms with Gasteiger partial charge in [0.05, 0.1) is 13.2 Å². The van der Waals surface area contributed by atoms with E-state index in [0.29, 0.717) is 11.8 Å². The summed E-state index contributed by atoms with van der Waals surface area (Å²) < 4.78 is 10.8. The van der Waals surface area contributed by atoms with E-state index >= 15 is 0 Å². The fourth-order valence-corrected chi connectivity index (χ4v) is 3.33. The zero-order valence-electron chi connectivity index (χ0n) is 17.8. The molecule has 29 heavy (non-hydrogen) atoms. The zero-order chi connectivity index (χ0) is 21.2. The van der Waals surface area contributed by atoms with E-state index in [0.717, 1.165) is 11.1 Å². The fraction of sp³-hybridized carbons (Fsp3) is 0.440. The predicted molar refractivity (Wildman–Crippen MR) is 115 cm³/mol. The van der Waals surface area contributed by atoms with Crippen LogP contribution >= 0.6 is 0 Å². The summed E-state index contributed by atoms with van der Waals surface area (Å²) >= 11 is 0. The van der Waals surface area contributed by atoms with E-state index in [1.54, 1.807) is 0 Å². The Hall–Kier alpha value is -2.62. The Balaban J connectivity index is 1.83. The Morgan fingerprint density at radius 3 is 1.31 bits per heavy atom. The topological polar surface area (TPSA) is 52.6 Å². The first kappa shape index (κ1) is 22.7. The van der Waals surface area contributed by atoms with E-state index in [-0.39, 0.29) is 31.5 Å². The summed E-state index contributed by atoms with van der Waals surface area (Å²) in [5, 5.41) is 0. The van der Waals surface area contributed by atoms with Crippen LogP contribution in [0.25, 0.3) is 0 Å². The van der Waals surface area contributed by atoms with Gasteiger partial charge in [-0.3, -0.25) is 9.59 Å². The van der Waals surface area contributed by atoms with Gasteiger partial charge in [-0.1, -0.05) is 88.4 Å². The van der Waals surface area contributed by atoms with Crippen molar-refractivity contribution in [3.8, 4) is 0 Å². The van der Waals surface area contributed by atoms with Crippen LogP contribution in [-0.2, 0) is 19.1 Å². The predicted octanol–water partition coefficient (Wildman–Crippen LogP) is 5.34. The number of rotatable bonds is 10. The lowest BCUT2D eigenvalue weighted by molar-refractivity contribution is -0.155. The molecule has 0 heterocycles. The minimum absolute atomic E-state index is 0.0968. The van der Waals surface area contributed by atoms with Gasteiger partial charge in [0.25, 0.3) is 0 Å². The molecule has 4 nitrogen and oxygen atoms in total. The van der Waals surface area contributed by atoms with Gasteiger partial charge in [-0.2, -0.15) is 0 Å². The summed E-state index contributed by atoms with van der Waals surface area (Å²) in [5.74, 6) is -0.265. The molecule has 2 rings (SSSR count). The van der Waals surface area contributed by atoms with E-state index < -0.39 is 11.9 Å². The quantitative estimate of drug-likeness (QED) is 0.402. The molecule has 4 heteroatoms. The molecule has 0 bridgehead atoms. The van der Waals surface area contributed by atoms with Gasteiger partial charge in [0.1, 0.15) is 6.42 Å². The molecule has 0 spiro atoms. The van der Waals surface area contributed by atoms with Crippen molar-refractivity contribution in [2.45, 2.75) is 46.0 Å². The van der Waals surface area contributed by atoms with Gasteiger partial charge in [0.2, 0.25) is 0 Å². The molecule has 0 N–H and O–H groups in total. The summed E-state index contributed by atoms with van der Waals surface area (Å²) in [7, 11) is 0. The van der Waals surface area contributed by atoms with Gasteiger partial charge in [0.15, 0.2) is 0 Å². The molecule has 0 saturated heterocycles. The van der Waals surface area contributed by atoms with Gasteiger partial charge in [-0.15, -0.1) is 0 Å². The average Bonchev–Trinajstić information content (AvgIpc) is 2.69. The molecule has 156 valence electrons. The number of benzene rings is 2. The lowest BCUT2D eigenvalue weighted by Gasteiger charge is -2.22. The maximum absolute atomic E-state index is 12.1. The van der Waals surface area contributed by atoms with Crippen molar-refractivity contribution in [2.75, 3.05) is 13.2 Å². The van der Waals surface area contributed by atoms with E-state index in [1.807, 2.05) is 60.7 Å². The molecule has 0 aromatic heterocycles. The number of esters is 2. The first-order chi connectivity index (χ1) is 13.9. The Morgan fingerprint density at radius 1 is 0.655 bits per heavy atom. The first-order valence-electron chi connectivity index (χ1n) is 10.3. The van der Waals surface area contributed by atoms with Crippen molar-refractivity contribution >= 4 is 11.9 Å². The highest BCUT2D eigenvalue weighted by atomic mass is 16.6. The molecule has 0 amide bonds. The summed E-state index contributed by atoms with van der Waals surface area (Å²) in [6.45, 7) is 8.88. The van der Waals surface area contributed by atoms with Crippen LogP contribution in [-0.4, -0.2) is 25.2 Å². The van der Waals surface area contributed by atoms with Crippen LogP contribution in [0, 0.1) is 11.8 Å². The maximum atomic E-state index is 12.1. The van der Waals surface area contributed by atoms with Gasteiger partial charge in [-0.05, 0) is 23.0 Å². The second kappa shape index (κ2) is 11.4.